The zero-order valence-electron chi connectivity index (χ0n) is 3.26. The quantitative estimate of drug-likeness (QED) is 0.328. The Morgan fingerprint density at radius 2 is 1.83 bits per heavy atom. The van der Waals surface area contributed by atoms with E-state index in [0.717, 1.165) is 13.2 Å². The topological polar surface area (TPSA) is 49.8 Å². The van der Waals surface area contributed by atoms with Crippen molar-refractivity contribution >= 4 is 6.47 Å². The van der Waals surface area contributed by atoms with Gasteiger partial charge in [0.15, 0.2) is 0 Å². The van der Waals surface area contributed by atoms with Crippen molar-refractivity contribution < 1.29 is 14.6 Å². The van der Waals surface area contributed by atoms with Crippen molar-refractivity contribution in [2.24, 2.45) is 0 Å². The maximum absolute atomic E-state index is 8.36. The van der Waals surface area contributed by atoms with Crippen LogP contribution in [0.4, 0.5) is 0 Å². The monoisotopic (exact) mass is 90.0 g/mol. The van der Waals surface area contributed by atoms with Crippen LogP contribution in [0.5, 0.6) is 0 Å². The van der Waals surface area contributed by atoms with Crippen LogP contribution in [0, 0.1) is 0 Å². The highest BCUT2D eigenvalue weighted by Crippen LogP contribution is 1.84. The zero-order chi connectivity index (χ0) is 4.83. The molecule has 0 aromatic carbocycles. The molecule has 1 N–H and O–H groups in total. The van der Waals surface area contributed by atoms with Crippen LogP contribution >= 0.6 is 0 Å². The highest BCUT2D eigenvalue weighted by Gasteiger charge is 1.94. The van der Waals surface area contributed by atoms with Crippen molar-refractivity contribution in [2.45, 2.75) is 0 Å². The molecule has 0 atom stereocenters. The molecule has 36 valence electrons. The Hall–Kier alpha value is -0.570. The van der Waals surface area contributed by atoms with Gasteiger partial charge >= 0.3 is 0 Å². The molecule has 1 fully saturated rings. The molecule has 0 aromatic heterocycles. The molecular formula is C3H6O3. The van der Waals surface area contributed by atoms with Gasteiger partial charge in [-0.05, 0) is 0 Å². The minimum atomic E-state index is -0.250. The molecule has 1 saturated heterocycles. The number of carbonyl (C=O) groups is 1. The van der Waals surface area contributed by atoms with Gasteiger partial charge in [0, 0.05) is 0 Å². The molecule has 1 aliphatic rings. The molecule has 3 nitrogen and oxygen atoms in total. The van der Waals surface area contributed by atoms with E-state index in [0.29, 0.717) is 0 Å². The molecule has 0 unspecified atom stereocenters. The highest BCUT2D eigenvalue weighted by molar-refractivity contribution is 5.32. The number of rotatable bonds is 0. The zero-order valence-corrected chi connectivity index (χ0v) is 3.26. The average molecular weight is 90.1 g/mol. The molecule has 0 radical (unpaired) electrons. The van der Waals surface area contributed by atoms with Crippen LogP contribution in [0.2, 0.25) is 0 Å². The van der Waals surface area contributed by atoms with Crippen molar-refractivity contribution in [3.8, 4) is 0 Å². The number of carboxylic acid groups (broad SMARTS) is 1. The van der Waals surface area contributed by atoms with Crippen molar-refractivity contribution in [3.63, 3.8) is 0 Å². The fourth-order valence-electron chi connectivity index (χ4n) is 0. The average Bonchev–Trinajstić information content (AvgIpc) is 2.11. The molecule has 0 aliphatic carbocycles. The first-order chi connectivity index (χ1) is 2.91. The summed E-state index contributed by atoms with van der Waals surface area (Å²) in [5.74, 6) is 0. The molecule has 0 saturated carbocycles. The van der Waals surface area contributed by atoms with Gasteiger partial charge in [-0.3, -0.25) is 4.79 Å². The number of ether oxygens (including phenoxy) is 1. The van der Waals surface area contributed by atoms with Gasteiger partial charge in [-0.1, -0.05) is 0 Å². The predicted octanol–water partition coefficient (Wildman–Crippen LogP) is -0.283. The van der Waals surface area contributed by atoms with Gasteiger partial charge in [-0.2, -0.15) is 0 Å². The summed E-state index contributed by atoms with van der Waals surface area (Å²) in [7, 11) is 0. The van der Waals surface area contributed by atoms with E-state index in [1.807, 2.05) is 0 Å². The Morgan fingerprint density at radius 1 is 1.67 bits per heavy atom. The smallest absolute Gasteiger partial charge is 0.290 e. The van der Waals surface area contributed by atoms with Crippen LogP contribution in [0.25, 0.3) is 0 Å². The molecule has 0 bridgehead atoms. The van der Waals surface area contributed by atoms with Gasteiger partial charge in [-0.25, -0.2) is 0 Å². The lowest BCUT2D eigenvalue weighted by atomic mass is 11.0. The van der Waals surface area contributed by atoms with Gasteiger partial charge < -0.3 is 9.84 Å². The lowest BCUT2D eigenvalue weighted by molar-refractivity contribution is -0.122. The van der Waals surface area contributed by atoms with Gasteiger partial charge in [-0.15, -0.1) is 0 Å². The first-order valence-corrected chi connectivity index (χ1v) is 1.57. The summed E-state index contributed by atoms with van der Waals surface area (Å²) in [4.78, 5) is 8.36. The summed E-state index contributed by atoms with van der Waals surface area (Å²) in [5.41, 5.74) is 0. The van der Waals surface area contributed by atoms with Gasteiger partial charge in [0.1, 0.15) is 0 Å². The largest absolute Gasteiger partial charge is 0.483 e. The Balaban J connectivity index is 0.0000000833. The molecule has 0 amide bonds. The second-order valence-corrected chi connectivity index (χ2v) is 0.718. The van der Waals surface area contributed by atoms with Crippen molar-refractivity contribution in [1.29, 1.82) is 0 Å². The predicted molar refractivity (Wildman–Crippen MR) is 19.5 cm³/mol. The van der Waals surface area contributed by atoms with Gasteiger partial charge in [0.25, 0.3) is 6.47 Å². The van der Waals surface area contributed by atoms with Gasteiger partial charge in [0.05, 0.1) is 13.2 Å². The van der Waals surface area contributed by atoms with E-state index in [-0.39, 0.29) is 6.47 Å². The summed E-state index contributed by atoms with van der Waals surface area (Å²) >= 11 is 0. The Morgan fingerprint density at radius 3 is 1.83 bits per heavy atom. The molecule has 1 heterocycles. The summed E-state index contributed by atoms with van der Waals surface area (Å²) in [6, 6.07) is 0. The molecule has 1 aliphatic heterocycles. The van der Waals surface area contributed by atoms with E-state index in [1.54, 1.807) is 0 Å². The summed E-state index contributed by atoms with van der Waals surface area (Å²) in [6.07, 6.45) is 0. The van der Waals surface area contributed by atoms with Crippen LogP contribution in [0.15, 0.2) is 0 Å². The number of hydrogen-bond donors (Lipinski definition) is 1. The van der Waals surface area contributed by atoms with Crippen molar-refractivity contribution in [3.05, 3.63) is 0 Å². The molecule has 0 spiro atoms. The van der Waals surface area contributed by atoms with Crippen LogP contribution < -0.4 is 0 Å². The Labute approximate surface area is 35.5 Å². The number of hydrogen-bond acceptors (Lipinski definition) is 2. The van der Waals surface area contributed by atoms with Crippen molar-refractivity contribution in [1.82, 2.24) is 0 Å². The lowest BCUT2D eigenvalue weighted by Gasteiger charge is -1.34. The van der Waals surface area contributed by atoms with Crippen LogP contribution in [-0.2, 0) is 9.53 Å². The standard InChI is InChI=1S/C2H4O.CH2O2/c1-2-3-1;2-1-3/h1-2H2;1H,(H,2,3). The van der Waals surface area contributed by atoms with E-state index < -0.39 is 0 Å². The van der Waals surface area contributed by atoms with E-state index in [1.165, 1.54) is 0 Å². The third kappa shape index (κ3) is 110. The Bertz CT molecular complexity index is 30.3. The first kappa shape index (κ1) is 5.43. The van der Waals surface area contributed by atoms with Crippen LogP contribution in [-0.4, -0.2) is 24.8 Å². The highest BCUT2D eigenvalue weighted by atomic mass is 16.6. The van der Waals surface area contributed by atoms with E-state index in [9.17, 15) is 0 Å². The molecular weight excluding hydrogens is 84.0 g/mol. The van der Waals surface area contributed by atoms with Crippen LogP contribution in [0.3, 0.4) is 0 Å². The minimum Gasteiger partial charge on any atom is -0.483 e. The molecule has 1 rings (SSSR count). The van der Waals surface area contributed by atoms with E-state index >= 15 is 0 Å². The maximum Gasteiger partial charge on any atom is 0.290 e. The maximum atomic E-state index is 8.36. The normalized spacial score (nSPS) is 14.0. The summed E-state index contributed by atoms with van der Waals surface area (Å²) < 4.78 is 4.50. The second-order valence-electron chi connectivity index (χ2n) is 0.718. The summed E-state index contributed by atoms with van der Waals surface area (Å²) in [5, 5.41) is 6.89. The fraction of sp³-hybridized carbons (Fsp3) is 0.667. The minimum absolute atomic E-state index is 0.250. The van der Waals surface area contributed by atoms with E-state index in [2.05, 4.69) is 4.74 Å². The number of epoxide rings is 1. The fourth-order valence-corrected chi connectivity index (χ4v) is 0. The van der Waals surface area contributed by atoms with Crippen LogP contribution in [0.1, 0.15) is 0 Å². The third-order valence-electron chi connectivity index (χ3n) is 0.204. The lowest BCUT2D eigenvalue weighted by Crippen LogP contribution is -1.49. The van der Waals surface area contributed by atoms with Crippen molar-refractivity contribution in [2.75, 3.05) is 13.2 Å². The molecule has 0 aromatic rings. The molecule has 6 heavy (non-hydrogen) atoms. The van der Waals surface area contributed by atoms with Gasteiger partial charge in [0.2, 0.25) is 0 Å². The Kier molecular flexibility index (Phi) is 4.01. The summed E-state index contributed by atoms with van der Waals surface area (Å²) in [6.45, 7) is 1.75. The third-order valence-corrected chi connectivity index (χ3v) is 0.204. The second kappa shape index (κ2) is 4.43. The molecule has 3 heteroatoms. The first-order valence-electron chi connectivity index (χ1n) is 1.57. The van der Waals surface area contributed by atoms with E-state index in [4.69, 9.17) is 9.90 Å². The SMILES string of the molecule is C1CO1.O=CO.